The van der Waals surface area contributed by atoms with Gasteiger partial charge < -0.3 is 24.4 Å². The minimum Gasteiger partial charge on any atom is -0.485 e. The highest BCUT2D eigenvalue weighted by Crippen LogP contribution is 2.54. The van der Waals surface area contributed by atoms with Gasteiger partial charge in [0.2, 0.25) is 0 Å². The van der Waals surface area contributed by atoms with E-state index in [1.807, 2.05) is 6.07 Å². The van der Waals surface area contributed by atoms with Crippen LogP contribution in [0.15, 0.2) is 175 Å². The molecule has 9 aromatic rings. The summed E-state index contributed by atoms with van der Waals surface area (Å²) in [5, 5.41) is 24.2. The molecule has 0 spiro atoms. The molecule has 1 aliphatic rings. The van der Waals surface area contributed by atoms with E-state index < -0.39 is 5.97 Å². The fourth-order valence-corrected chi connectivity index (χ4v) is 11.3. The van der Waals surface area contributed by atoms with E-state index in [0.717, 1.165) is 97.2 Å². The third-order valence-corrected chi connectivity index (χ3v) is 14.6. The van der Waals surface area contributed by atoms with E-state index in [1.54, 1.807) is 11.3 Å². The average molecular weight is 914 g/mol. The van der Waals surface area contributed by atoms with Gasteiger partial charge in [0, 0.05) is 43.9 Å². The van der Waals surface area contributed by atoms with Crippen LogP contribution >= 0.6 is 22.7 Å². The zero-order valence-corrected chi connectivity index (χ0v) is 38.7. The number of thiophene rings is 2. The highest BCUT2D eigenvalue weighted by atomic mass is 32.1. The lowest BCUT2D eigenvalue weighted by Gasteiger charge is -2.30. The minimum absolute atomic E-state index is 0.331. The number of nitrogens with zero attached hydrogens (tertiary/aromatic N) is 3. The van der Waals surface area contributed by atoms with Crippen molar-refractivity contribution in [1.29, 1.82) is 5.26 Å². The van der Waals surface area contributed by atoms with Crippen molar-refractivity contribution in [2.45, 2.75) is 39.0 Å². The molecule has 3 heterocycles. The van der Waals surface area contributed by atoms with E-state index in [9.17, 15) is 15.2 Å². The van der Waals surface area contributed by atoms with Gasteiger partial charge in [-0.25, -0.2) is 4.79 Å². The van der Waals surface area contributed by atoms with Gasteiger partial charge in [-0.15, -0.1) is 22.7 Å². The predicted molar refractivity (Wildman–Crippen MR) is 278 cm³/mol. The molecule has 67 heavy (non-hydrogen) atoms. The molecule has 2 aromatic heterocycles. The fraction of sp³-hybridized carbons (Fsp3) is 0.138. The Kier molecular flexibility index (Phi) is 12.6. The summed E-state index contributed by atoms with van der Waals surface area (Å²) in [7, 11) is 0. The average Bonchev–Trinajstić information content (AvgIpc) is 3.97. The number of carbonyl (C=O) groups is 1. The number of aliphatic carboxylic acids is 1. The molecule has 0 amide bonds. The second kappa shape index (κ2) is 19.4. The lowest BCUT2D eigenvalue weighted by atomic mass is 10.0. The molecule has 0 radical (unpaired) electrons. The Bertz CT molecular complexity index is 3170. The molecule has 1 N–H and O–H groups in total. The van der Waals surface area contributed by atoms with Gasteiger partial charge in [0.1, 0.15) is 24.9 Å². The molecule has 7 nitrogen and oxygen atoms in total. The van der Waals surface area contributed by atoms with Crippen molar-refractivity contribution in [2.24, 2.45) is 0 Å². The largest absolute Gasteiger partial charge is 0.485 e. The van der Waals surface area contributed by atoms with Crippen LogP contribution in [0, 0.1) is 11.3 Å². The van der Waals surface area contributed by atoms with E-state index in [2.05, 4.69) is 187 Å². The van der Waals surface area contributed by atoms with Gasteiger partial charge in [0.25, 0.3) is 0 Å². The Labute approximate surface area is 398 Å². The first-order valence-electron chi connectivity index (χ1n) is 22.7. The number of carboxylic acid groups (broad SMARTS) is 1. The summed E-state index contributed by atoms with van der Waals surface area (Å²) in [5.41, 5.74) is 8.08. The van der Waals surface area contributed by atoms with E-state index in [-0.39, 0.29) is 5.57 Å². The van der Waals surface area contributed by atoms with Crippen LogP contribution in [-0.4, -0.2) is 24.3 Å². The van der Waals surface area contributed by atoms with Crippen molar-refractivity contribution in [3.63, 3.8) is 0 Å². The Morgan fingerprint density at radius 3 is 1.70 bits per heavy atom. The molecule has 0 aliphatic carbocycles. The monoisotopic (exact) mass is 913 g/mol. The Hall–Kier alpha value is -7.64. The number of unbranched alkanes of at least 4 members (excludes halogenated alkanes) is 3. The summed E-state index contributed by atoms with van der Waals surface area (Å²) < 4.78 is 12.4. The molecular weight excluding hydrogens is 867 g/mol. The summed E-state index contributed by atoms with van der Waals surface area (Å²) in [6.07, 6.45) is 6.72. The maximum atomic E-state index is 12.0. The van der Waals surface area contributed by atoms with Crippen LogP contribution in [0.4, 0.5) is 34.1 Å². The molecule has 7 aromatic carbocycles. The highest BCUT2D eigenvalue weighted by molar-refractivity contribution is 7.24. The van der Waals surface area contributed by atoms with Crippen molar-refractivity contribution < 1.29 is 19.4 Å². The second-order valence-corrected chi connectivity index (χ2v) is 18.6. The summed E-state index contributed by atoms with van der Waals surface area (Å²) in [4.78, 5) is 20.3. The van der Waals surface area contributed by atoms with E-state index in [1.165, 1.54) is 33.7 Å². The number of benzene rings is 7. The summed E-state index contributed by atoms with van der Waals surface area (Å²) >= 11 is 3.11. The van der Waals surface area contributed by atoms with Gasteiger partial charge in [0.05, 0.1) is 9.75 Å². The van der Waals surface area contributed by atoms with Gasteiger partial charge in [-0.05, 0) is 124 Å². The molecule has 0 fully saturated rings. The molecule has 0 saturated heterocycles. The first-order chi connectivity index (χ1) is 32.9. The third kappa shape index (κ3) is 9.02. The van der Waals surface area contributed by atoms with Crippen molar-refractivity contribution in [3.05, 3.63) is 186 Å². The van der Waals surface area contributed by atoms with Crippen molar-refractivity contribution in [2.75, 3.05) is 23.0 Å². The Balaban J connectivity index is 1.22. The number of ether oxygens (including phenoxy) is 2. The zero-order valence-electron chi connectivity index (χ0n) is 37.0. The van der Waals surface area contributed by atoms with Gasteiger partial charge in [-0.1, -0.05) is 123 Å². The van der Waals surface area contributed by atoms with E-state index >= 15 is 0 Å². The number of aryl methyl sites for hydroxylation is 1. The highest BCUT2D eigenvalue weighted by Gasteiger charge is 2.28. The normalized spacial score (nSPS) is 12.3. The lowest BCUT2D eigenvalue weighted by molar-refractivity contribution is -0.132. The minimum atomic E-state index is -1.28. The number of hydrogen-bond donors (Lipinski definition) is 1. The third-order valence-electron chi connectivity index (χ3n) is 12.1. The number of fused-ring (bicyclic) bond motifs is 3. The van der Waals surface area contributed by atoms with E-state index in [0.29, 0.717) is 29.6 Å². The summed E-state index contributed by atoms with van der Waals surface area (Å²) in [6, 6.07) is 62.5. The number of anilines is 6. The fourth-order valence-electron chi connectivity index (χ4n) is 8.88. The number of nitriles is 1. The van der Waals surface area contributed by atoms with Gasteiger partial charge in [-0.2, -0.15) is 5.26 Å². The topological polar surface area (TPSA) is 86.0 Å². The Morgan fingerprint density at radius 1 is 0.597 bits per heavy atom. The predicted octanol–water partition coefficient (Wildman–Crippen LogP) is 16.3. The quantitative estimate of drug-likeness (QED) is 0.0623. The molecule has 0 unspecified atom stereocenters. The molecule has 0 bridgehead atoms. The Morgan fingerprint density at radius 2 is 1.15 bits per heavy atom. The molecular formula is C58H47N3O4S2. The van der Waals surface area contributed by atoms with Crippen molar-refractivity contribution >= 4 is 90.4 Å². The van der Waals surface area contributed by atoms with Crippen LogP contribution in [0.5, 0.6) is 11.5 Å². The molecule has 0 atom stereocenters. The second-order valence-electron chi connectivity index (χ2n) is 16.5. The van der Waals surface area contributed by atoms with Gasteiger partial charge in [0.15, 0.2) is 11.5 Å². The first-order valence-corrected chi connectivity index (χ1v) is 24.3. The molecule has 0 saturated carbocycles. The van der Waals surface area contributed by atoms with Gasteiger partial charge in [-0.3, -0.25) is 0 Å². The lowest BCUT2D eigenvalue weighted by Crippen LogP contribution is -2.14. The number of carboxylic acids is 1. The maximum Gasteiger partial charge on any atom is 0.346 e. The zero-order chi connectivity index (χ0) is 45.7. The van der Waals surface area contributed by atoms with Crippen molar-refractivity contribution in [3.8, 4) is 37.8 Å². The number of para-hydroxylation sites is 2. The van der Waals surface area contributed by atoms with Crippen molar-refractivity contribution in [1.82, 2.24) is 0 Å². The SMILES string of the molecule is CCCCCCc1cc(-c2sc(C=C(C#N)C(=O)O)c3c2OCCO3)sc1-c1cc(N(c2ccccc2)c2ccc3ccccc3c2)cc(N(c2ccccc2)c2ccc3ccccc3c2)c1. The smallest absolute Gasteiger partial charge is 0.346 e. The van der Waals surface area contributed by atoms with Crippen LogP contribution < -0.4 is 19.3 Å². The molecule has 10 rings (SSSR count). The molecule has 1 aliphatic heterocycles. The van der Waals surface area contributed by atoms with Crippen LogP contribution in [0.25, 0.3) is 47.8 Å². The number of rotatable bonds is 15. The van der Waals surface area contributed by atoms with Crippen LogP contribution in [0.2, 0.25) is 0 Å². The first kappa shape index (κ1) is 43.3. The van der Waals surface area contributed by atoms with Crippen LogP contribution in [-0.2, 0) is 11.2 Å². The standard InChI is InChI=1S/C58H47N3O4S2/c1-2-3-4-7-20-43-35-53(57-55-54(64-29-30-65-55)52(66-57)36-45(38-59)58(62)63)67-56(43)44-33-50(60(46-21-8-5-9-22-46)48-27-25-39-16-12-14-18-41(39)31-48)37-51(34-44)61(47-23-10-6-11-24-47)49-28-26-40-17-13-15-19-42(40)32-49/h5-6,8-19,21-28,31-37H,2-4,7,20,29-30H2,1H3,(H,62,63). The van der Waals surface area contributed by atoms with Gasteiger partial charge >= 0.3 is 5.97 Å². The van der Waals surface area contributed by atoms with Crippen LogP contribution in [0.1, 0.15) is 43.0 Å². The maximum absolute atomic E-state index is 12.0. The summed E-state index contributed by atoms with van der Waals surface area (Å²) in [5.74, 6) is -0.220. The van der Waals surface area contributed by atoms with E-state index in [4.69, 9.17) is 9.47 Å². The van der Waals surface area contributed by atoms with Crippen LogP contribution in [0.3, 0.4) is 0 Å². The molecule has 330 valence electrons. The summed E-state index contributed by atoms with van der Waals surface area (Å²) in [6.45, 7) is 2.93. The number of hydrogen-bond acceptors (Lipinski definition) is 8. The molecule has 9 heteroatoms.